The quantitative estimate of drug-likeness (QED) is 0.257. The number of aliphatic hydroxyl groups is 2. The summed E-state index contributed by atoms with van der Waals surface area (Å²) in [4.78, 5) is 47.5. The number of rotatable bonds is 17. The lowest BCUT2D eigenvalue weighted by atomic mass is 9.82. The second-order valence-electron chi connectivity index (χ2n) is 13.3. The van der Waals surface area contributed by atoms with E-state index in [2.05, 4.69) is 10.3 Å². The number of carbonyl (C=O) groups excluding carboxylic acids is 3. The minimum absolute atomic E-state index is 0.00600. The predicted molar refractivity (Wildman–Crippen MR) is 163 cm³/mol. The fourth-order valence-electron chi connectivity index (χ4n) is 6.03. The second kappa shape index (κ2) is 16.9. The van der Waals surface area contributed by atoms with Gasteiger partial charge in [-0.3, -0.25) is 19.4 Å². The van der Waals surface area contributed by atoms with E-state index < -0.39 is 24.2 Å². The third-order valence-electron chi connectivity index (χ3n) is 8.81. The van der Waals surface area contributed by atoms with Crippen molar-refractivity contribution in [2.45, 2.75) is 109 Å². The molecule has 2 aliphatic rings. The van der Waals surface area contributed by atoms with Crippen LogP contribution in [0.2, 0.25) is 0 Å². The minimum atomic E-state index is -1.07. The molecule has 2 aliphatic carbocycles. The van der Waals surface area contributed by atoms with Crippen LogP contribution in [0.1, 0.15) is 90.2 Å². The first-order valence-corrected chi connectivity index (χ1v) is 16.1. The van der Waals surface area contributed by atoms with Gasteiger partial charge in [-0.1, -0.05) is 64.9 Å². The average molecular weight is 587 g/mol. The fourth-order valence-corrected chi connectivity index (χ4v) is 6.03. The Kier molecular flexibility index (Phi) is 13.7. The van der Waals surface area contributed by atoms with E-state index in [1.165, 1.54) is 11.3 Å². The fraction of sp³-hybridized carbons (Fsp3) is 0.758. The Labute approximate surface area is 252 Å². The topological polar surface area (TPSA) is 123 Å². The number of nitrogens with zero attached hydrogens (tertiary/aromatic N) is 3. The molecule has 3 rings (SSSR count). The van der Waals surface area contributed by atoms with Crippen LogP contribution in [-0.2, 0) is 20.8 Å². The molecule has 0 aromatic carbocycles. The van der Waals surface area contributed by atoms with Gasteiger partial charge in [0.05, 0.1) is 18.7 Å². The summed E-state index contributed by atoms with van der Waals surface area (Å²) < 4.78 is 0. The van der Waals surface area contributed by atoms with E-state index in [-0.39, 0.29) is 36.6 Å². The van der Waals surface area contributed by atoms with Crippen LogP contribution < -0.4 is 5.32 Å². The Morgan fingerprint density at radius 1 is 0.976 bits per heavy atom. The largest absolute Gasteiger partial charge is 0.390 e. The molecule has 42 heavy (non-hydrogen) atoms. The summed E-state index contributed by atoms with van der Waals surface area (Å²) in [6.07, 6.45) is 9.63. The molecule has 0 radical (unpaired) electrons. The second-order valence-corrected chi connectivity index (χ2v) is 13.3. The van der Waals surface area contributed by atoms with Crippen molar-refractivity contribution in [2.24, 2.45) is 23.7 Å². The molecule has 0 saturated heterocycles. The summed E-state index contributed by atoms with van der Waals surface area (Å²) in [5.74, 6) is -0.188. The van der Waals surface area contributed by atoms with Gasteiger partial charge in [-0.2, -0.15) is 0 Å². The summed E-state index contributed by atoms with van der Waals surface area (Å²) in [5.41, 5.74) is 0.833. The highest BCUT2D eigenvalue weighted by atomic mass is 16.3. The molecule has 1 aromatic rings. The summed E-state index contributed by atoms with van der Waals surface area (Å²) in [6, 6.07) is 5.06. The molecule has 0 unspecified atom stereocenters. The standard InChI is InChI=1S/C33H54N4O5/c1-23(2)18-29(38)32(41)28(20-24-10-6-5-7-11-24)35-33(42)26(19-25-13-14-25)21-30(39)37(22-31(40)36(3)4)17-15-27-12-8-9-16-34-27/h8-9,12,16,23-26,28-29,32,38,41H,5-7,10-11,13-15,17-22H2,1-4H3,(H,35,42)/t26-,28+,29+,32-/m1/s1. The number of aromatic nitrogens is 1. The first-order chi connectivity index (χ1) is 20.0. The number of nitrogens with one attached hydrogen (secondary N) is 1. The van der Waals surface area contributed by atoms with Crippen LogP contribution in [0, 0.1) is 23.7 Å². The molecule has 1 heterocycles. The highest BCUT2D eigenvalue weighted by Gasteiger charge is 2.36. The van der Waals surface area contributed by atoms with E-state index in [0.29, 0.717) is 44.1 Å². The first-order valence-electron chi connectivity index (χ1n) is 16.1. The maximum atomic E-state index is 13.8. The molecule has 3 N–H and O–H groups in total. The van der Waals surface area contributed by atoms with E-state index in [1.54, 1.807) is 25.2 Å². The highest BCUT2D eigenvalue weighted by Crippen LogP contribution is 2.37. The van der Waals surface area contributed by atoms with Gasteiger partial charge >= 0.3 is 0 Å². The van der Waals surface area contributed by atoms with Crippen molar-refractivity contribution in [3.63, 3.8) is 0 Å². The monoisotopic (exact) mass is 586 g/mol. The smallest absolute Gasteiger partial charge is 0.241 e. The van der Waals surface area contributed by atoms with Gasteiger partial charge in [0.15, 0.2) is 0 Å². The van der Waals surface area contributed by atoms with Crippen LogP contribution in [0.4, 0.5) is 0 Å². The molecule has 1 aromatic heterocycles. The summed E-state index contributed by atoms with van der Waals surface area (Å²) in [7, 11) is 3.33. The molecule has 9 heteroatoms. The molecular weight excluding hydrogens is 532 g/mol. The van der Waals surface area contributed by atoms with Crippen molar-refractivity contribution >= 4 is 17.7 Å². The van der Waals surface area contributed by atoms with Crippen LogP contribution in [0.15, 0.2) is 24.4 Å². The number of aliphatic hydroxyl groups excluding tert-OH is 2. The Morgan fingerprint density at radius 3 is 2.26 bits per heavy atom. The molecule has 3 amide bonds. The zero-order chi connectivity index (χ0) is 30.6. The Hall–Kier alpha value is -2.52. The van der Waals surface area contributed by atoms with Crippen LogP contribution in [-0.4, -0.2) is 88.2 Å². The molecule has 2 saturated carbocycles. The predicted octanol–water partition coefficient (Wildman–Crippen LogP) is 3.57. The number of carbonyl (C=O) groups is 3. The third kappa shape index (κ3) is 11.6. The molecular formula is C33H54N4O5. The van der Waals surface area contributed by atoms with Gasteiger partial charge in [0.1, 0.15) is 6.10 Å². The van der Waals surface area contributed by atoms with Crippen LogP contribution in [0.5, 0.6) is 0 Å². The lowest BCUT2D eigenvalue weighted by Gasteiger charge is -2.34. The van der Waals surface area contributed by atoms with Crippen molar-refractivity contribution in [2.75, 3.05) is 27.2 Å². The van der Waals surface area contributed by atoms with Crippen molar-refractivity contribution in [3.05, 3.63) is 30.1 Å². The zero-order valence-electron chi connectivity index (χ0n) is 26.2. The van der Waals surface area contributed by atoms with Gasteiger partial charge < -0.3 is 25.3 Å². The average Bonchev–Trinajstić information content (AvgIpc) is 3.78. The van der Waals surface area contributed by atoms with Crippen molar-refractivity contribution in [1.82, 2.24) is 20.1 Å². The van der Waals surface area contributed by atoms with Gasteiger partial charge in [-0.05, 0) is 49.1 Å². The normalized spacial score (nSPS) is 18.6. The molecule has 9 nitrogen and oxygen atoms in total. The van der Waals surface area contributed by atoms with E-state index in [9.17, 15) is 24.6 Å². The molecule has 0 aliphatic heterocycles. The lowest BCUT2D eigenvalue weighted by Crippen LogP contribution is -2.52. The van der Waals surface area contributed by atoms with Gasteiger partial charge in [0.2, 0.25) is 17.7 Å². The van der Waals surface area contributed by atoms with Gasteiger partial charge in [-0.25, -0.2) is 0 Å². The molecule has 0 spiro atoms. The highest BCUT2D eigenvalue weighted by molar-refractivity contribution is 5.88. The maximum Gasteiger partial charge on any atom is 0.241 e. The summed E-state index contributed by atoms with van der Waals surface area (Å²) in [5, 5.41) is 25.1. The third-order valence-corrected chi connectivity index (χ3v) is 8.81. The van der Waals surface area contributed by atoms with Gasteiger partial charge in [-0.15, -0.1) is 0 Å². The Balaban J connectivity index is 1.73. The number of hydrogen-bond acceptors (Lipinski definition) is 6. The van der Waals surface area contributed by atoms with Crippen LogP contribution >= 0.6 is 0 Å². The minimum Gasteiger partial charge on any atom is -0.390 e. The number of hydrogen-bond donors (Lipinski definition) is 3. The number of amides is 3. The first kappa shape index (κ1) is 34.0. The Bertz CT molecular complexity index is 978. The van der Waals surface area contributed by atoms with Crippen molar-refractivity contribution in [3.8, 4) is 0 Å². The van der Waals surface area contributed by atoms with Crippen molar-refractivity contribution < 1.29 is 24.6 Å². The molecule has 0 bridgehead atoms. The van der Waals surface area contributed by atoms with E-state index in [0.717, 1.165) is 44.2 Å². The Morgan fingerprint density at radius 2 is 1.67 bits per heavy atom. The SMILES string of the molecule is CC(C)C[C@H](O)[C@H](O)[C@H](CC1CCCCC1)NC(=O)[C@@H](CC(=O)N(CCc1ccccn1)CC(=O)N(C)C)CC1CC1. The molecule has 4 atom stereocenters. The number of likely N-dealkylation sites (N-methyl/N-ethyl adjacent to an activating group) is 1. The molecule has 236 valence electrons. The van der Waals surface area contributed by atoms with E-state index in [1.807, 2.05) is 32.0 Å². The van der Waals surface area contributed by atoms with Gasteiger partial charge in [0.25, 0.3) is 0 Å². The summed E-state index contributed by atoms with van der Waals surface area (Å²) >= 11 is 0. The maximum absolute atomic E-state index is 13.8. The lowest BCUT2D eigenvalue weighted by molar-refractivity contribution is -0.141. The van der Waals surface area contributed by atoms with Crippen molar-refractivity contribution in [1.29, 1.82) is 0 Å². The van der Waals surface area contributed by atoms with Gasteiger partial charge in [0, 0.05) is 51.3 Å². The number of pyridine rings is 1. The van der Waals surface area contributed by atoms with Crippen LogP contribution in [0.3, 0.4) is 0 Å². The van der Waals surface area contributed by atoms with Crippen LogP contribution in [0.25, 0.3) is 0 Å². The summed E-state index contributed by atoms with van der Waals surface area (Å²) in [6.45, 7) is 4.28. The zero-order valence-corrected chi connectivity index (χ0v) is 26.2. The molecule has 2 fully saturated rings. The van der Waals surface area contributed by atoms with E-state index in [4.69, 9.17) is 0 Å². The van der Waals surface area contributed by atoms with E-state index >= 15 is 0 Å².